The second kappa shape index (κ2) is 6.66. The van der Waals surface area contributed by atoms with Crippen LogP contribution in [0.4, 0.5) is 11.4 Å². The van der Waals surface area contributed by atoms with E-state index < -0.39 is 9.84 Å². The molecule has 0 aliphatic heterocycles. The van der Waals surface area contributed by atoms with Crippen LogP contribution in [0.3, 0.4) is 0 Å². The fourth-order valence-electron chi connectivity index (χ4n) is 3.06. The quantitative estimate of drug-likeness (QED) is 0.722. The highest BCUT2D eigenvalue weighted by Crippen LogP contribution is 2.31. The number of benzene rings is 1. The Kier molecular flexibility index (Phi) is 5.11. The van der Waals surface area contributed by atoms with Gasteiger partial charge in [0.25, 0.3) is 0 Å². The second-order valence-corrected chi connectivity index (χ2v) is 7.84. The lowest BCUT2D eigenvalue weighted by Crippen LogP contribution is -2.28. The number of aliphatic hydroxyl groups excluding tert-OH is 1. The van der Waals surface area contributed by atoms with Crippen LogP contribution in [0, 0.1) is 11.8 Å². The van der Waals surface area contributed by atoms with Crippen molar-refractivity contribution in [2.75, 3.05) is 30.5 Å². The van der Waals surface area contributed by atoms with Crippen LogP contribution in [0.15, 0.2) is 23.1 Å². The normalized spacial score (nSPS) is 23.0. The van der Waals surface area contributed by atoms with Crippen molar-refractivity contribution < 1.29 is 13.5 Å². The third kappa shape index (κ3) is 3.89. The minimum atomic E-state index is -3.32. The van der Waals surface area contributed by atoms with Gasteiger partial charge >= 0.3 is 0 Å². The van der Waals surface area contributed by atoms with Crippen molar-refractivity contribution in [1.29, 1.82) is 0 Å². The highest BCUT2D eigenvalue weighted by molar-refractivity contribution is 7.90. The SMILES string of the molecule is CS(=O)(=O)c1cccc(NCC2CCCCC2CO)c1N. The van der Waals surface area contributed by atoms with Gasteiger partial charge < -0.3 is 16.2 Å². The van der Waals surface area contributed by atoms with Crippen molar-refractivity contribution in [3.63, 3.8) is 0 Å². The fraction of sp³-hybridized carbons (Fsp3) is 0.600. The van der Waals surface area contributed by atoms with Gasteiger partial charge in [0.05, 0.1) is 16.3 Å². The standard InChI is InChI=1S/C15H24N2O3S/c1-21(19,20)14-8-4-7-13(15(14)16)17-9-11-5-2-3-6-12(11)10-18/h4,7-8,11-12,17-18H,2-3,5-6,9-10,16H2,1H3. The van der Waals surface area contributed by atoms with E-state index in [9.17, 15) is 13.5 Å². The monoisotopic (exact) mass is 312 g/mol. The third-order valence-electron chi connectivity index (χ3n) is 4.32. The number of para-hydroxylation sites is 1. The number of anilines is 2. The van der Waals surface area contributed by atoms with Gasteiger partial charge in [0.2, 0.25) is 0 Å². The van der Waals surface area contributed by atoms with Crippen LogP contribution in [-0.2, 0) is 9.84 Å². The first kappa shape index (κ1) is 16.1. The summed E-state index contributed by atoms with van der Waals surface area (Å²) in [5.74, 6) is 0.732. The lowest BCUT2D eigenvalue weighted by molar-refractivity contribution is 0.141. The molecule has 0 bridgehead atoms. The number of rotatable bonds is 5. The molecule has 2 rings (SSSR count). The van der Waals surface area contributed by atoms with E-state index in [-0.39, 0.29) is 17.2 Å². The molecule has 6 heteroatoms. The van der Waals surface area contributed by atoms with E-state index >= 15 is 0 Å². The van der Waals surface area contributed by atoms with Gasteiger partial charge in [0.1, 0.15) is 0 Å². The van der Waals surface area contributed by atoms with Gasteiger partial charge in [-0.3, -0.25) is 0 Å². The van der Waals surface area contributed by atoms with Crippen molar-refractivity contribution >= 4 is 21.2 Å². The molecule has 21 heavy (non-hydrogen) atoms. The van der Waals surface area contributed by atoms with Gasteiger partial charge in [-0.2, -0.15) is 0 Å². The van der Waals surface area contributed by atoms with Crippen LogP contribution in [0.2, 0.25) is 0 Å². The zero-order chi connectivity index (χ0) is 15.5. The van der Waals surface area contributed by atoms with E-state index in [1.165, 1.54) is 18.9 Å². The maximum absolute atomic E-state index is 11.7. The van der Waals surface area contributed by atoms with Gasteiger partial charge in [-0.15, -0.1) is 0 Å². The van der Waals surface area contributed by atoms with E-state index in [1.54, 1.807) is 12.1 Å². The molecule has 1 saturated carbocycles. The lowest BCUT2D eigenvalue weighted by Gasteiger charge is -2.30. The van der Waals surface area contributed by atoms with Gasteiger partial charge in [-0.05, 0) is 36.8 Å². The first-order valence-corrected chi connectivity index (χ1v) is 9.26. The van der Waals surface area contributed by atoms with Crippen molar-refractivity contribution in [3.05, 3.63) is 18.2 Å². The molecule has 1 aliphatic rings. The Balaban J connectivity index is 2.10. The average molecular weight is 312 g/mol. The molecule has 4 N–H and O–H groups in total. The Bertz CT molecular complexity index is 587. The van der Waals surface area contributed by atoms with Crippen molar-refractivity contribution in [2.45, 2.75) is 30.6 Å². The summed E-state index contributed by atoms with van der Waals surface area (Å²) in [6.07, 6.45) is 5.66. The second-order valence-electron chi connectivity index (χ2n) is 5.86. The van der Waals surface area contributed by atoms with Crippen molar-refractivity contribution in [2.24, 2.45) is 11.8 Å². The maximum Gasteiger partial charge on any atom is 0.177 e. The van der Waals surface area contributed by atoms with E-state index in [2.05, 4.69) is 5.32 Å². The number of hydrogen-bond acceptors (Lipinski definition) is 5. The average Bonchev–Trinajstić information content (AvgIpc) is 2.45. The molecule has 0 heterocycles. The molecule has 0 radical (unpaired) electrons. The van der Waals surface area contributed by atoms with Crippen LogP contribution in [-0.4, -0.2) is 32.9 Å². The molecular formula is C15H24N2O3S. The first-order chi connectivity index (χ1) is 9.93. The van der Waals surface area contributed by atoms with Gasteiger partial charge in [0, 0.05) is 19.4 Å². The van der Waals surface area contributed by atoms with Crippen LogP contribution in [0.5, 0.6) is 0 Å². The van der Waals surface area contributed by atoms with Crippen molar-refractivity contribution in [1.82, 2.24) is 0 Å². The topological polar surface area (TPSA) is 92.4 Å². The Labute approximate surface area is 126 Å². The van der Waals surface area contributed by atoms with Crippen molar-refractivity contribution in [3.8, 4) is 0 Å². The molecule has 0 spiro atoms. The molecule has 0 amide bonds. The highest BCUT2D eigenvalue weighted by atomic mass is 32.2. The Hall–Kier alpha value is -1.27. The Morgan fingerprint density at radius 2 is 1.95 bits per heavy atom. The minimum absolute atomic E-state index is 0.162. The summed E-state index contributed by atoms with van der Waals surface area (Å²) in [7, 11) is -3.32. The van der Waals surface area contributed by atoms with Gasteiger partial charge in [0.15, 0.2) is 9.84 Å². The molecule has 1 aliphatic carbocycles. The molecule has 0 saturated heterocycles. The number of nitrogens with one attached hydrogen (secondary N) is 1. The third-order valence-corrected chi connectivity index (χ3v) is 5.48. The molecular weight excluding hydrogens is 288 g/mol. The molecule has 0 aromatic heterocycles. The largest absolute Gasteiger partial charge is 0.396 e. The summed E-state index contributed by atoms with van der Waals surface area (Å²) in [4.78, 5) is 0.162. The first-order valence-electron chi connectivity index (χ1n) is 7.36. The predicted octanol–water partition coefficient (Wildman–Crippen LogP) is 1.88. The highest BCUT2D eigenvalue weighted by Gasteiger charge is 2.24. The maximum atomic E-state index is 11.7. The summed E-state index contributed by atoms with van der Waals surface area (Å²) >= 11 is 0. The molecule has 1 aromatic rings. The zero-order valence-corrected chi connectivity index (χ0v) is 13.2. The number of nitrogens with two attached hydrogens (primary N) is 1. The molecule has 2 atom stereocenters. The van der Waals surface area contributed by atoms with E-state index in [4.69, 9.17) is 5.73 Å². The van der Waals surface area contributed by atoms with E-state index in [1.807, 2.05) is 0 Å². The van der Waals surface area contributed by atoms with E-state index in [0.29, 0.717) is 24.1 Å². The van der Waals surface area contributed by atoms with Crippen LogP contribution < -0.4 is 11.1 Å². The number of hydrogen-bond donors (Lipinski definition) is 3. The Morgan fingerprint density at radius 1 is 1.29 bits per heavy atom. The fourth-order valence-corrected chi connectivity index (χ4v) is 3.89. The predicted molar refractivity (Wildman–Crippen MR) is 85.0 cm³/mol. The minimum Gasteiger partial charge on any atom is -0.396 e. The summed E-state index contributed by atoms with van der Waals surface area (Å²) in [6, 6.07) is 5.01. The summed E-state index contributed by atoms with van der Waals surface area (Å²) in [6.45, 7) is 0.924. The van der Waals surface area contributed by atoms with Gasteiger partial charge in [-0.1, -0.05) is 18.9 Å². The van der Waals surface area contributed by atoms with Crippen LogP contribution >= 0.6 is 0 Å². The van der Waals surface area contributed by atoms with Gasteiger partial charge in [-0.25, -0.2) is 8.42 Å². The van der Waals surface area contributed by atoms with Crippen LogP contribution in [0.25, 0.3) is 0 Å². The lowest BCUT2D eigenvalue weighted by atomic mass is 9.79. The smallest absolute Gasteiger partial charge is 0.177 e. The summed E-state index contributed by atoms with van der Waals surface area (Å²) in [5.41, 5.74) is 6.89. The molecule has 118 valence electrons. The molecule has 1 fully saturated rings. The molecule has 1 aromatic carbocycles. The molecule has 2 unspecified atom stereocenters. The molecule has 5 nitrogen and oxygen atoms in total. The number of aliphatic hydroxyl groups is 1. The zero-order valence-electron chi connectivity index (χ0n) is 12.4. The summed E-state index contributed by atoms with van der Waals surface area (Å²) < 4.78 is 23.3. The Morgan fingerprint density at radius 3 is 2.57 bits per heavy atom. The van der Waals surface area contributed by atoms with Crippen LogP contribution in [0.1, 0.15) is 25.7 Å². The summed E-state index contributed by atoms with van der Waals surface area (Å²) in [5, 5.41) is 12.7. The van der Waals surface area contributed by atoms with E-state index in [0.717, 1.165) is 19.1 Å². The number of sulfone groups is 1. The number of nitrogen functional groups attached to an aromatic ring is 1.